The van der Waals surface area contributed by atoms with Crippen LogP contribution in [0.1, 0.15) is 73.1 Å². The first kappa shape index (κ1) is 14.5. The zero-order chi connectivity index (χ0) is 17.5. The molecule has 0 N–H and O–H groups in total. The van der Waals surface area contributed by atoms with E-state index in [1.54, 1.807) is 24.3 Å². The number of fused-ring (bicyclic) bond motifs is 3. The molecule has 4 aliphatic carbocycles. The van der Waals surface area contributed by atoms with Crippen LogP contribution in [0.2, 0.25) is 0 Å². The van der Waals surface area contributed by atoms with E-state index in [4.69, 9.17) is 0 Å². The van der Waals surface area contributed by atoms with Gasteiger partial charge in [0.1, 0.15) is 5.67 Å². The Labute approximate surface area is 146 Å². The predicted octanol–water partition coefficient (Wildman–Crippen LogP) is 4.12. The fourth-order valence-electron chi connectivity index (χ4n) is 8.55. The molecule has 1 aromatic carbocycles. The Hall–Kier alpha value is -1.71. The van der Waals surface area contributed by atoms with Gasteiger partial charge in [0.05, 0.1) is 16.7 Å². The maximum Gasteiger partial charge on any atom is 0.262 e. The maximum absolute atomic E-state index is 15.8. The Bertz CT molecular complexity index is 859. The highest BCUT2D eigenvalue weighted by molar-refractivity contribution is 6.22. The van der Waals surface area contributed by atoms with Gasteiger partial charge in [-0.25, -0.2) is 4.39 Å². The van der Waals surface area contributed by atoms with Crippen LogP contribution in [0.3, 0.4) is 0 Å². The number of nitrogens with zero attached hydrogens (tertiary/aromatic N) is 1. The largest absolute Gasteiger partial charge is 0.269 e. The summed E-state index contributed by atoms with van der Waals surface area (Å²) in [5.74, 6) is -0.429. The first-order chi connectivity index (χ1) is 11.7. The van der Waals surface area contributed by atoms with Crippen molar-refractivity contribution in [3.8, 4) is 0 Å². The second-order valence-corrected chi connectivity index (χ2v) is 10.1. The fourth-order valence-corrected chi connectivity index (χ4v) is 8.55. The molecule has 4 heteroatoms. The lowest BCUT2D eigenvalue weighted by Crippen LogP contribution is -2.57. The normalized spacial score (nSPS) is 51.7. The molecule has 0 saturated heterocycles. The van der Waals surface area contributed by atoms with Gasteiger partial charge < -0.3 is 0 Å². The molecule has 4 fully saturated rings. The van der Waals surface area contributed by atoms with Crippen molar-refractivity contribution in [2.24, 2.45) is 16.2 Å². The van der Waals surface area contributed by atoms with Gasteiger partial charge in [0.2, 0.25) is 0 Å². The van der Waals surface area contributed by atoms with Crippen molar-refractivity contribution in [2.75, 3.05) is 0 Å². The second-order valence-electron chi connectivity index (χ2n) is 10.1. The van der Waals surface area contributed by atoms with Crippen LogP contribution in [0, 0.1) is 16.2 Å². The topological polar surface area (TPSA) is 37.4 Å². The summed E-state index contributed by atoms with van der Waals surface area (Å²) in [6.07, 6.45) is 4.14. The summed E-state index contributed by atoms with van der Waals surface area (Å²) < 4.78 is 15.8. The molecule has 5 atom stereocenters. The van der Waals surface area contributed by atoms with Crippen molar-refractivity contribution in [3.05, 3.63) is 35.4 Å². The molecule has 0 radical (unpaired) electrons. The first-order valence-electron chi connectivity index (χ1n) is 9.34. The summed E-state index contributed by atoms with van der Waals surface area (Å²) in [7, 11) is 0. The monoisotopic (exact) mass is 339 g/mol. The highest BCUT2D eigenvalue weighted by Gasteiger charge is 2.85. The molecule has 3 nitrogen and oxygen atoms in total. The molecule has 1 spiro atoms. The van der Waals surface area contributed by atoms with E-state index in [-0.39, 0.29) is 28.1 Å². The molecule has 3 bridgehead atoms. The number of benzene rings is 1. The third-order valence-corrected chi connectivity index (χ3v) is 8.68. The van der Waals surface area contributed by atoms with Crippen LogP contribution in [0.5, 0.6) is 0 Å². The third-order valence-electron chi connectivity index (χ3n) is 8.68. The summed E-state index contributed by atoms with van der Waals surface area (Å²) in [5, 5.41) is 0. The van der Waals surface area contributed by atoms with E-state index in [0.717, 1.165) is 19.3 Å². The van der Waals surface area contributed by atoms with Gasteiger partial charge in [-0.05, 0) is 60.5 Å². The molecule has 1 aliphatic heterocycles. The van der Waals surface area contributed by atoms with E-state index in [9.17, 15) is 9.59 Å². The average Bonchev–Trinajstić information content (AvgIpc) is 2.91. The van der Waals surface area contributed by atoms with Gasteiger partial charge in [-0.2, -0.15) is 0 Å². The maximum atomic E-state index is 15.8. The number of hydrogen-bond acceptors (Lipinski definition) is 2. The van der Waals surface area contributed by atoms with Crippen molar-refractivity contribution in [3.63, 3.8) is 0 Å². The number of hydrogen-bond donors (Lipinski definition) is 0. The molecule has 0 aromatic heterocycles. The first-order valence-corrected chi connectivity index (χ1v) is 9.34. The zero-order valence-electron chi connectivity index (χ0n) is 14.7. The minimum atomic E-state index is -1.23. The van der Waals surface area contributed by atoms with Crippen molar-refractivity contribution in [1.29, 1.82) is 0 Å². The molecule has 6 rings (SSSR count). The van der Waals surface area contributed by atoms with Crippen molar-refractivity contribution < 1.29 is 14.0 Å². The lowest BCUT2D eigenvalue weighted by Gasteiger charge is -2.64. The van der Waals surface area contributed by atoms with E-state index < -0.39 is 11.2 Å². The smallest absolute Gasteiger partial charge is 0.262 e. The van der Waals surface area contributed by atoms with Gasteiger partial charge in [-0.3, -0.25) is 14.5 Å². The molecule has 130 valence electrons. The van der Waals surface area contributed by atoms with Crippen molar-refractivity contribution >= 4 is 11.8 Å². The number of carbonyl (C=O) groups excluding carboxylic acids is 2. The Morgan fingerprint density at radius 1 is 0.840 bits per heavy atom. The van der Waals surface area contributed by atoms with Gasteiger partial charge in [0.25, 0.3) is 11.8 Å². The zero-order valence-corrected chi connectivity index (χ0v) is 14.7. The molecular formula is C21H22FNO2. The van der Waals surface area contributed by atoms with Crippen LogP contribution in [0.4, 0.5) is 4.39 Å². The minimum Gasteiger partial charge on any atom is -0.269 e. The van der Waals surface area contributed by atoms with Crippen LogP contribution in [-0.4, -0.2) is 27.9 Å². The number of halogens is 1. The summed E-state index contributed by atoms with van der Waals surface area (Å²) >= 11 is 0. The minimum absolute atomic E-state index is 0.0351. The van der Waals surface area contributed by atoms with Crippen LogP contribution in [0.25, 0.3) is 0 Å². The molecule has 5 aliphatic rings. The summed E-state index contributed by atoms with van der Waals surface area (Å²) in [6.45, 7) is 4.51. The highest BCUT2D eigenvalue weighted by atomic mass is 19.1. The van der Waals surface area contributed by atoms with Gasteiger partial charge >= 0.3 is 0 Å². The van der Waals surface area contributed by atoms with E-state index in [1.165, 1.54) is 4.90 Å². The van der Waals surface area contributed by atoms with E-state index in [1.807, 2.05) is 0 Å². The average molecular weight is 339 g/mol. The van der Waals surface area contributed by atoms with Crippen LogP contribution < -0.4 is 0 Å². The fraction of sp³-hybridized carbons (Fsp3) is 0.619. The summed E-state index contributed by atoms with van der Waals surface area (Å²) in [6, 6.07) is 7.04. The summed E-state index contributed by atoms with van der Waals surface area (Å²) in [4.78, 5) is 27.7. The van der Waals surface area contributed by atoms with E-state index in [2.05, 4.69) is 13.8 Å². The lowest BCUT2D eigenvalue weighted by molar-refractivity contribution is -0.157. The van der Waals surface area contributed by atoms with Crippen LogP contribution in [-0.2, 0) is 0 Å². The molecule has 1 heterocycles. The van der Waals surface area contributed by atoms with Crippen molar-refractivity contribution in [1.82, 2.24) is 4.90 Å². The molecule has 1 aromatic rings. The van der Waals surface area contributed by atoms with Gasteiger partial charge in [-0.1, -0.05) is 26.0 Å². The molecule has 25 heavy (non-hydrogen) atoms. The number of carbonyl (C=O) groups is 2. The van der Waals surface area contributed by atoms with Gasteiger partial charge in [-0.15, -0.1) is 0 Å². The van der Waals surface area contributed by atoms with E-state index >= 15 is 4.39 Å². The number of rotatable bonds is 1. The second kappa shape index (κ2) is 3.56. The molecule has 2 amide bonds. The van der Waals surface area contributed by atoms with Crippen molar-refractivity contribution in [2.45, 2.75) is 63.6 Å². The Morgan fingerprint density at radius 3 is 2.08 bits per heavy atom. The number of alkyl halides is 1. The Morgan fingerprint density at radius 2 is 1.44 bits per heavy atom. The van der Waals surface area contributed by atoms with Gasteiger partial charge in [0, 0.05) is 6.42 Å². The summed E-state index contributed by atoms with van der Waals surface area (Å²) in [5.41, 5.74) is -0.841. The standard InChI is InChI=1S/C21H22FNO2/c1-17-7-18(2)9-20(10-19(22,8-17)11-21(17,18)12-20)23-15(24)13-5-3-4-6-14(13)16(23)25/h3-6H,7-12H2,1-2H3. The van der Waals surface area contributed by atoms with Gasteiger partial charge in [0.15, 0.2) is 0 Å². The molecule has 4 saturated carbocycles. The Balaban J connectivity index is 1.53. The molecule has 5 unspecified atom stereocenters. The van der Waals surface area contributed by atoms with E-state index in [0.29, 0.717) is 30.4 Å². The van der Waals surface area contributed by atoms with Crippen LogP contribution >= 0.6 is 0 Å². The SMILES string of the molecule is CC12CC3(F)CC4(N5C(=O)c6ccccc6C5=O)CC(C)(C1)C2(C3)C4. The number of amides is 2. The molecular weight excluding hydrogens is 317 g/mol. The quantitative estimate of drug-likeness (QED) is 0.722. The number of imide groups is 1. The highest BCUT2D eigenvalue weighted by Crippen LogP contribution is 2.88. The third kappa shape index (κ3) is 1.26. The van der Waals surface area contributed by atoms with Crippen LogP contribution in [0.15, 0.2) is 24.3 Å². The Kier molecular flexibility index (Phi) is 2.06. The predicted molar refractivity (Wildman–Crippen MR) is 89.9 cm³/mol. The lowest BCUT2D eigenvalue weighted by atomic mass is 9.40.